The molecular weight excluding hydrogens is 447 g/mol. The third-order valence-electron chi connectivity index (χ3n) is 6.55. The van der Waals surface area contributed by atoms with E-state index >= 15 is 0 Å². The lowest BCUT2D eigenvalue weighted by atomic mass is 9.70. The van der Waals surface area contributed by atoms with Crippen LogP contribution in [0, 0.1) is 0 Å². The summed E-state index contributed by atoms with van der Waals surface area (Å²) in [7, 11) is 0. The molecule has 34 heavy (non-hydrogen) atoms. The fraction of sp³-hybridized carbons (Fsp3) is 0.542. The zero-order chi connectivity index (χ0) is 24.5. The van der Waals surface area contributed by atoms with Gasteiger partial charge in [-0.1, -0.05) is 5.16 Å². The predicted molar refractivity (Wildman–Crippen MR) is 124 cm³/mol. The van der Waals surface area contributed by atoms with Crippen molar-refractivity contribution in [2.45, 2.75) is 69.4 Å². The molecule has 7 nitrogen and oxygen atoms in total. The van der Waals surface area contributed by atoms with Crippen LogP contribution in [0.15, 0.2) is 29.7 Å². The first-order valence-corrected chi connectivity index (χ1v) is 11.4. The number of hydrogen-bond acceptors (Lipinski definition) is 7. The first-order valence-electron chi connectivity index (χ1n) is 11.4. The van der Waals surface area contributed by atoms with E-state index in [2.05, 4.69) is 15.1 Å². The van der Waals surface area contributed by atoms with Crippen molar-refractivity contribution in [1.82, 2.24) is 9.97 Å². The Labute approximate surface area is 196 Å². The van der Waals surface area contributed by atoms with E-state index < -0.39 is 31.0 Å². The van der Waals surface area contributed by atoms with E-state index in [1.165, 1.54) is 6.33 Å². The number of fused-ring (bicyclic) bond motifs is 3. The third kappa shape index (κ3) is 4.68. The summed E-state index contributed by atoms with van der Waals surface area (Å²) in [5.41, 5.74) is 14.6. The Kier molecular flexibility index (Phi) is 6.97. The average molecular weight is 478 g/mol. The fourth-order valence-electron chi connectivity index (χ4n) is 4.61. The second-order valence-electron chi connectivity index (χ2n) is 9.39. The van der Waals surface area contributed by atoms with Crippen LogP contribution >= 0.6 is 0 Å². The van der Waals surface area contributed by atoms with E-state index in [1.807, 2.05) is 32.0 Å². The number of rotatable bonds is 7. The van der Waals surface area contributed by atoms with Crippen LogP contribution in [0.25, 0.3) is 11.3 Å². The molecule has 4 rings (SSSR count). The summed E-state index contributed by atoms with van der Waals surface area (Å²) in [5.74, 6) is 0.939. The van der Waals surface area contributed by atoms with Gasteiger partial charge >= 0.3 is 0 Å². The number of alkyl halides is 3. The maximum absolute atomic E-state index is 13.8. The van der Waals surface area contributed by atoms with Gasteiger partial charge in [0, 0.05) is 28.1 Å². The Hall–Kier alpha value is -2.88. The number of nitrogens with two attached hydrogens (primary N) is 2. The molecule has 0 aliphatic heterocycles. The van der Waals surface area contributed by atoms with Crippen molar-refractivity contribution in [1.29, 1.82) is 0 Å². The van der Waals surface area contributed by atoms with Gasteiger partial charge in [-0.15, -0.1) is 0 Å². The van der Waals surface area contributed by atoms with E-state index in [4.69, 9.17) is 21.0 Å². The Morgan fingerprint density at radius 2 is 1.85 bits per heavy atom. The largest absolute Gasteiger partial charge is 0.490 e. The van der Waals surface area contributed by atoms with Gasteiger partial charge < -0.3 is 21.0 Å². The van der Waals surface area contributed by atoms with Crippen molar-refractivity contribution in [3.05, 3.63) is 35.7 Å². The molecule has 184 valence electrons. The maximum Gasteiger partial charge on any atom is 0.170 e. The Bertz CT molecular complexity index is 1060. The van der Waals surface area contributed by atoms with Gasteiger partial charge in [0.25, 0.3) is 0 Å². The third-order valence-corrected chi connectivity index (χ3v) is 6.55. The van der Waals surface area contributed by atoms with Crippen molar-refractivity contribution in [2.24, 2.45) is 10.9 Å². The van der Waals surface area contributed by atoms with E-state index in [9.17, 15) is 13.2 Å². The molecule has 0 saturated heterocycles. The number of benzene rings is 1. The van der Waals surface area contributed by atoms with Gasteiger partial charge in [0.1, 0.15) is 24.6 Å². The number of ether oxygens (including phenoxy) is 1. The van der Waals surface area contributed by atoms with Gasteiger partial charge in [0.15, 0.2) is 19.0 Å². The predicted octanol–water partition coefficient (Wildman–Crippen LogP) is 4.03. The van der Waals surface area contributed by atoms with Crippen LogP contribution < -0.4 is 16.2 Å². The van der Waals surface area contributed by atoms with Crippen LogP contribution in [0.1, 0.15) is 50.7 Å². The summed E-state index contributed by atoms with van der Waals surface area (Å²) < 4.78 is 45.8. The standard InChI is InChI=1S/C24H30F3N5O2/c1-24(2)20-21(30-12-31-23(20)29)16-8-7-15(34-14-5-3-13(28)4-6-14)9-17(16)22(24)32-33-11-19(27)18(26)10-25/h7-9,12-14,18-19H,3-6,10-11,28H2,1-2H3,(H2,29,30,31)/b32-22+. The monoisotopic (exact) mass is 477 g/mol. The molecule has 1 aromatic carbocycles. The summed E-state index contributed by atoms with van der Waals surface area (Å²) in [6.45, 7) is 1.61. The normalized spacial score (nSPS) is 24.1. The second kappa shape index (κ2) is 9.77. The van der Waals surface area contributed by atoms with Gasteiger partial charge in [-0.25, -0.2) is 23.1 Å². The van der Waals surface area contributed by atoms with E-state index in [0.717, 1.165) is 31.2 Å². The number of aromatic nitrogens is 2. The van der Waals surface area contributed by atoms with Crippen molar-refractivity contribution >= 4 is 11.5 Å². The highest BCUT2D eigenvalue weighted by molar-refractivity contribution is 6.15. The highest BCUT2D eigenvalue weighted by atomic mass is 19.2. The smallest absolute Gasteiger partial charge is 0.170 e. The number of halogens is 3. The lowest BCUT2D eigenvalue weighted by Crippen LogP contribution is -2.36. The fourth-order valence-corrected chi connectivity index (χ4v) is 4.61. The molecule has 1 fully saturated rings. The second-order valence-corrected chi connectivity index (χ2v) is 9.39. The molecule has 2 unspecified atom stereocenters. The number of nitrogens with zero attached hydrogens (tertiary/aromatic N) is 3. The number of anilines is 1. The summed E-state index contributed by atoms with van der Waals surface area (Å²) in [6.07, 6.45) is 0.625. The minimum atomic E-state index is -2.26. The van der Waals surface area contributed by atoms with Crippen LogP contribution in [0.3, 0.4) is 0 Å². The molecule has 0 amide bonds. The Morgan fingerprint density at radius 3 is 2.56 bits per heavy atom. The number of hydrogen-bond donors (Lipinski definition) is 2. The van der Waals surface area contributed by atoms with Crippen LogP contribution in [0.5, 0.6) is 5.75 Å². The minimum Gasteiger partial charge on any atom is -0.490 e. The van der Waals surface area contributed by atoms with Crippen molar-refractivity contribution < 1.29 is 22.7 Å². The molecule has 0 radical (unpaired) electrons. The zero-order valence-electron chi connectivity index (χ0n) is 19.3. The molecule has 2 aliphatic carbocycles. The van der Waals surface area contributed by atoms with Crippen LogP contribution in [-0.2, 0) is 10.3 Å². The van der Waals surface area contributed by atoms with Crippen LogP contribution in [0.4, 0.5) is 19.0 Å². The quantitative estimate of drug-likeness (QED) is 0.583. The van der Waals surface area contributed by atoms with Gasteiger partial charge in [0.05, 0.1) is 17.5 Å². The molecule has 2 aliphatic rings. The first kappa shape index (κ1) is 24.3. The van der Waals surface area contributed by atoms with E-state index in [1.54, 1.807) is 0 Å². The van der Waals surface area contributed by atoms with Gasteiger partial charge in [0.2, 0.25) is 0 Å². The van der Waals surface area contributed by atoms with E-state index in [-0.39, 0.29) is 18.0 Å². The number of oxime groups is 1. The first-order chi connectivity index (χ1) is 16.2. The van der Waals surface area contributed by atoms with E-state index in [0.29, 0.717) is 28.3 Å². The van der Waals surface area contributed by atoms with Crippen molar-refractivity contribution in [3.63, 3.8) is 0 Å². The van der Waals surface area contributed by atoms with Crippen molar-refractivity contribution in [3.8, 4) is 17.0 Å². The number of nitrogen functional groups attached to an aromatic ring is 1. The van der Waals surface area contributed by atoms with Gasteiger partial charge in [-0.05, 0) is 57.7 Å². The molecular formula is C24H30F3N5O2. The minimum absolute atomic E-state index is 0.0610. The molecule has 1 aromatic heterocycles. The SMILES string of the molecule is CC1(C)/C(=N/OCC(F)C(F)CF)c2cc(OC3CCC(N)CC3)ccc2-c2ncnc(N)c21. The summed E-state index contributed by atoms with van der Waals surface area (Å²) in [4.78, 5) is 13.8. The maximum atomic E-state index is 13.8. The molecule has 1 saturated carbocycles. The van der Waals surface area contributed by atoms with Crippen molar-refractivity contribution in [2.75, 3.05) is 19.0 Å². The highest BCUT2D eigenvalue weighted by Gasteiger charge is 2.41. The topological polar surface area (TPSA) is 109 Å². The zero-order valence-corrected chi connectivity index (χ0v) is 19.3. The lowest BCUT2D eigenvalue weighted by Gasteiger charge is -2.35. The highest BCUT2D eigenvalue weighted by Crippen LogP contribution is 2.45. The Morgan fingerprint density at radius 1 is 1.12 bits per heavy atom. The van der Waals surface area contributed by atoms with Crippen LogP contribution in [0.2, 0.25) is 0 Å². The summed E-state index contributed by atoms with van der Waals surface area (Å²) in [6, 6.07) is 5.79. The van der Waals surface area contributed by atoms with Gasteiger partial charge in [-0.2, -0.15) is 0 Å². The molecule has 0 spiro atoms. The lowest BCUT2D eigenvalue weighted by molar-refractivity contribution is 0.0362. The molecule has 1 heterocycles. The summed E-state index contributed by atoms with van der Waals surface area (Å²) >= 11 is 0. The Balaban J connectivity index is 1.71. The molecule has 2 atom stereocenters. The molecule has 0 bridgehead atoms. The average Bonchev–Trinajstić information content (AvgIpc) is 2.81. The molecule has 2 aromatic rings. The molecule has 4 N–H and O–H groups in total. The van der Waals surface area contributed by atoms with Crippen LogP contribution in [-0.4, -0.2) is 53.5 Å². The summed E-state index contributed by atoms with van der Waals surface area (Å²) in [5, 5.41) is 4.18. The van der Waals surface area contributed by atoms with Gasteiger partial charge in [-0.3, -0.25) is 0 Å². The molecule has 10 heteroatoms.